The Morgan fingerprint density at radius 3 is 2.79 bits per heavy atom. The monoisotopic (exact) mass is 278 g/mol. The van der Waals surface area contributed by atoms with E-state index in [0.717, 1.165) is 0 Å². The Kier molecular flexibility index (Phi) is 3.92. The second-order valence-electron chi connectivity index (χ2n) is 2.78. The summed E-state index contributed by atoms with van der Waals surface area (Å²) in [5, 5.41) is 18.5. The molecule has 0 aliphatic rings. The molecule has 0 bridgehead atoms. The first-order valence-corrected chi connectivity index (χ1v) is 5.02. The van der Waals surface area contributed by atoms with Gasteiger partial charge in [0, 0.05) is 9.50 Å². The van der Waals surface area contributed by atoms with Crippen LogP contribution in [0, 0.1) is 0 Å². The summed E-state index contributed by atoms with van der Waals surface area (Å²) < 4.78 is 0.649. The summed E-state index contributed by atoms with van der Waals surface area (Å²) in [5.74, 6) is -1.05. The fourth-order valence-corrected chi connectivity index (χ4v) is 1.74. The van der Waals surface area contributed by atoms with E-state index in [1.807, 2.05) is 0 Å². The molecule has 0 aromatic heterocycles. The summed E-state index contributed by atoms with van der Waals surface area (Å²) in [6, 6.07) is 4.87. The summed E-state index contributed by atoms with van der Waals surface area (Å²) in [6.07, 6.45) is -1.38. The molecular formula is C9H8BrClO3. The number of aliphatic hydroxyl groups excluding tert-OH is 1. The fraction of sp³-hybridized carbons (Fsp3) is 0.222. The number of hydrogen-bond acceptors (Lipinski definition) is 2. The third-order valence-corrected chi connectivity index (χ3v) is 2.64. The molecule has 14 heavy (non-hydrogen) atoms. The summed E-state index contributed by atoms with van der Waals surface area (Å²) in [5.41, 5.74) is 0.486. The van der Waals surface area contributed by atoms with Crippen LogP contribution in [0.3, 0.4) is 0 Å². The summed E-state index contributed by atoms with van der Waals surface area (Å²) in [4.78, 5) is 10.4. The topological polar surface area (TPSA) is 57.5 Å². The molecule has 0 heterocycles. The lowest BCUT2D eigenvalue weighted by Crippen LogP contribution is -2.05. The molecule has 0 aliphatic carbocycles. The van der Waals surface area contributed by atoms with Gasteiger partial charge in [-0.1, -0.05) is 27.5 Å². The zero-order valence-corrected chi connectivity index (χ0v) is 9.42. The minimum Gasteiger partial charge on any atom is -0.481 e. The van der Waals surface area contributed by atoms with Crippen molar-refractivity contribution < 1.29 is 15.0 Å². The van der Waals surface area contributed by atoms with Crippen LogP contribution in [0.2, 0.25) is 5.02 Å². The van der Waals surface area contributed by atoms with E-state index < -0.39 is 12.1 Å². The number of carboxylic acids is 1. The van der Waals surface area contributed by atoms with Gasteiger partial charge >= 0.3 is 5.97 Å². The van der Waals surface area contributed by atoms with Crippen molar-refractivity contribution in [3.05, 3.63) is 33.3 Å². The minimum atomic E-state index is -1.05. The van der Waals surface area contributed by atoms with Gasteiger partial charge in [-0.25, -0.2) is 0 Å². The average Bonchev–Trinajstić information content (AvgIpc) is 2.08. The lowest BCUT2D eigenvalue weighted by atomic mass is 10.1. The van der Waals surface area contributed by atoms with Crippen molar-refractivity contribution in [2.24, 2.45) is 0 Å². The number of benzene rings is 1. The molecule has 0 amide bonds. The second kappa shape index (κ2) is 4.77. The molecule has 0 radical (unpaired) electrons. The van der Waals surface area contributed by atoms with Crippen molar-refractivity contribution in [2.45, 2.75) is 12.5 Å². The Bertz CT molecular complexity index is 354. The predicted octanol–water partition coefficient (Wildman–Crippen LogP) is 2.61. The Labute approximate surface area is 94.4 Å². The summed E-state index contributed by atoms with van der Waals surface area (Å²) >= 11 is 8.93. The van der Waals surface area contributed by atoms with Gasteiger partial charge in [0.15, 0.2) is 0 Å². The average molecular weight is 280 g/mol. The second-order valence-corrected chi connectivity index (χ2v) is 4.07. The van der Waals surface area contributed by atoms with Crippen LogP contribution in [0.4, 0.5) is 0 Å². The van der Waals surface area contributed by atoms with Crippen molar-refractivity contribution in [2.75, 3.05) is 0 Å². The first kappa shape index (κ1) is 11.5. The molecule has 0 spiro atoms. The highest BCUT2D eigenvalue weighted by molar-refractivity contribution is 9.10. The van der Waals surface area contributed by atoms with E-state index in [0.29, 0.717) is 15.1 Å². The van der Waals surface area contributed by atoms with Crippen LogP contribution in [0.1, 0.15) is 18.1 Å². The van der Waals surface area contributed by atoms with Crippen molar-refractivity contribution in [3.63, 3.8) is 0 Å². The van der Waals surface area contributed by atoms with Crippen molar-refractivity contribution in [1.82, 2.24) is 0 Å². The first-order valence-electron chi connectivity index (χ1n) is 3.85. The van der Waals surface area contributed by atoms with Crippen LogP contribution in [0.5, 0.6) is 0 Å². The lowest BCUT2D eigenvalue weighted by molar-refractivity contribution is -0.139. The number of carboxylic acid groups (broad SMARTS) is 1. The Morgan fingerprint density at radius 1 is 1.57 bits per heavy atom. The first-order chi connectivity index (χ1) is 6.50. The molecule has 2 N–H and O–H groups in total. The molecule has 0 aliphatic heterocycles. The Morgan fingerprint density at radius 2 is 2.21 bits per heavy atom. The van der Waals surface area contributed by atoms with Crippen molar-refractivity contribution in [1.29, 1.82) is 0 Å². The standard InChI is InChI=1S/C9H8BrClO3/c10-7-2-1-5(11)3-6(7)8(12)4-9(13)14/h1-3,8,12H,4H2,(H,13,14). The van der Waals surface area contributed by atoms with Gasteiger partial charge in [-0.3, -0.25) is 4.79 Å². The zero-order valence-electron chi connectivity index (χ0n) is 7.08. The molecule has 0 fully saturated rings. The maximum absolute atomic E-state index is 10.4. The van der Waals surface area contributed by atoms with E-state index in [1.54, 1.807) is 18.2 Å². The number of hydrogen-bond donors (Lipinski definition) is 2. The van der Waals surface area contributed by atoms with Crippen molar-refractivity contribution in [3.8, 4) is 0 Å². The van der Waals surface area contributed by atoms with Gasteiger partial charge < -0.3 is 10.2 Å². The van der Waals surface area contributed by atoms with Gasteiger partial charge in [0.25, 0.3) is 0 Å². The lowest BCUT2D eigenvalue weighted by Gasteiger charge is -2.10. The highest BCUT2D eigenvalue weighted by atomic mass is 79.9. The molecule has 1 rings (SSSR count). The molecule has 0 saturated carbocycles. The van der Waals surface area contributed by atoms with Crippen LogP contribution in [0.15, 0.2) is 22.7 Å². The number of aliphatic hydroxyl groups is 1. The van der Waals surface area contributed by atoms with Gasteiger partial charge in [0.1, 0.15) is 0 Å². The van der Waals surface area contributed by atoms with E-state index in [1.165, 1.54) is 0 Å². The Hall–Kier alpha value is -0.580. The number of rotatable bonds is 3. The van der Waals surface area contributed by atoms with Crippen LogP contribution in [-0.4, -0.2) is 16.2 Å². The van der Waals surface area contributed by atoms with E-state index in [2.05, 4.69) is 15.9 Å². The minimum absolute atomic E-state index is 0.334. The molecule has 1 atom stereocenters. The molecule has 1 unspecified atom stereocenters. The summed E-state index contributed by atoms with van der Waals surface area (Å²) in [6.45, 7) is 0. The predicted molar refractivity (Wildman–Crippen MR) is 56.4 cm³/mol. The zero-order chi connectivity index (χ0) is 10.7. The van der Waals surface area contributed by atoms with Gasteiger partial charge in [0.05, 0.1) is 12.5 Å². The molecule has 1 aromatic carbocycles. The molecule has 0 saturated heterocycles. The molecule has 3 nitrogen and oxygen atoms in total. The highest BCUT2D eigenvalue weighted by Gasteiger charge is 2.15. The fourth-order valence-electron chi connectivity index (χ4n) is 1.05. The van der Waals surface area contributed by atoms with E-state index >= 15 is 0 Å². The van der Waals surface area contributed by atoms with Crippen molar-refractivity contribution >= 4 is 33.5 Å². The third kappa shape index (κ3) is 2.97. The van der Waals surface area contributed by atoms with Gasteiger partial charge in [0.2, 0.25) is 0 Å². The van der Waals surface area contributed by atoms with Crippen LogP contribution < -0.4 is 0 Å². The molecular weight excluding hydrogens is 271 g/mol. The van der Waals surface area contributed by atoms with Crippen LogP contribution >= 0.6 is 27.5 Å². The largest absolute Gasteiger partial charge is 0.481 e. The number of halogens is 2. The molecule has 5 heteroatoms. The molecule has 1 aromatic rings. The van der Waals surface area contributed by atoms with E-state index in [4.69, 9.17) is 16.7 Å². The quantitative estimate of drug-likeness (QED) is 0.894. The third-order valence-electron chi connectivity index (χ3n) is 1.69. The van der Waals surface area contributed by atoms with Gasteiger partial charge in [-0.2, -0.15) is 0 Å². The number of carbonyl (C=O) groups is 1. The Balaban J connectivity index is 2.93. The van der Waals surface area contributed by atoms with E-state index in [-0.39, 0.29) is 6.42 Å². The highest BCUT2D eigenvalue weighted by Crippen LogP contribution is 2.28. The normalized spacial score (nSPS) is 12.5. The van der Waals surface area contributed by atoms with E-state index in [9.17, 15) is 9.90 Å². The van der Waals surface area contributed by atoms with Gasteiger partial charge in [-0.15, -0.1) is 0 Å². The van der Waals surface area contributed by atoms with Crippen LogP contribution in [-0.2, 0) is 4.79 Å². The smallest absolute Gasteiger partial charge is 0.306 e. The summed E-state index contributed by atoms with van der Waals surface area (Å²) in [7, 11) is 0. The maximum Gasteiger partial charge on any atom is 0.306 e. The maximum atomic E-state index is 10.4. The van der Waals surface area contributed by atoms with Crippen LogP contribution in [0.25, 0.3) is 0 Å². The number of aliphatic carboxylic acids is 1. The van der Waals surface area contributed by atoms with Gasteiger partial charge in [-0.05, 0) is 23.8 Å². The SMILES string of the molecule is O=C(O)CC(O)c1cc(Cl)ccc1Br. The molecule has 76 valence electrons.